The highest BCUT2D eigenvalue weighted by Gasteiger charge is 2.27. The van der Waals surface area contributed by atoms with E-state index in [4.69, 9.17) is 15.2 Å². The van der Waals surface area contributed by atoms with E-state index in [1.54, 1.807) is 18.2 Å². The van der Waals surface area contributed by atoms with Crippen LogP contribution in [0.1, 0.15) is 64.9 Å². The molecule has 0 aliphatic rings. The lowest BCUT2D eigenvalue weighted by molar-refractivity contribution is 0.0915. The molecular formula is C30H35N5O5S. The van der Waals surface area contributed by atoms with Crippen LogP contribution in [0.15, 0.2) is 60.7 Å². The number of nitrogens with two attached hydrogens (primary N) is 1. The molecule has 0 fully saturated rings. The molecule has 10 nitrogen and oxygen atoms in total. The van der Waals surface area contributed by atoms with Crippen LogP contribution < -0.4 is 16.4 Å². The monoisotopic (exact) mass is 577 g/mol. The fourth-order valence-electron chi connectivity index (χ4n) is 4.20. The minimum atomic E-state index is -0.752. The molecule has 4 rings (SSSR count). The topological polar surface area (TPSA) is 138 Å². The maximum absolute atomic E-state index is 13.3. The SMILES string of the molecule is COCCOC(=O)n1nc(NC(=O)c2ccc(C(N)C(C)C)cc2)c2cc(C(=O)NC(C)(C)c3ccccc3)sc21. The summed E-state index contributed by atoms with van der Waals surface area (Å²) in [6.45, 7) is 8.12. The van der Waals surface area contributed by atoms with Crippen molar-refractivity contribution in [3.05, 3.63) is 82.2 Å². The highest BCUT2D eigenvalue weighted by Crippen LogP contribution is 2.33. The van der Waals surface area contributed by atoms with Crippen LogP contribution in [0.5, 0.6) is 0 Å². The van der Waals surface area contributed by atoms with Gasteiger partial charge in [0.25, 0.3) is 11.8 Å². The van der Waals surface area contributed by atoms with Crippen molar-refractivity contribution in [3.8, 4) is 0 Å². The van der Waals surface area contributed by atoms with E-state index in [9.17, 15) is 14.4 Å². The molecule has 2 aromatic heterocycles. The second-order valence-corrected chi connectivity index (χ2v) is 11.5. The molecule has 216 valence electrons. The van der Waals surface area contributed by atoms with Crippen LogP contribution >= 0.6 is 11.3 Å². The molecule has 2 amide bonds. The van der Waals surface area contributed by atoms with Crippen molar-refractivity contribution in [1.29, 1.82) is 0 Å². The maximum Gasteiger partial charge on any atom is 0.436 e. The molecule has 0 spiro atoms. The molecule has 0 bridgehead atoms. The second-order valence-electron chi connectivity index (χ2n) is 10.5. The summed E-state index contributed by atoms with van der Waals surface area (Å²) in [6, 6.07) is 18.1. The summed E-state index contributed by atoms with van der Waals surface area (Å²) >= 11 is 1.08. The average Bonchev–Trinajstić information content (AvgIpc) is 3.53. The number of nitrogens with zero attached hydrogens (tertiary/aromatic N) is 2. The number of carbonyl (C=O) groups excluding carboxylic acids is 3. The lowest BCUT2D eigenvalue weighted by atomic mass is 9.94. The molecule has 1 unspecified atom stereocenters. The smallest absolute Gasteiger partial charge is 0.436 e. The van der Waals surface area contributed by atoms with E-state index in [2.05, 4.69) is 15.7 Å². The number of hydrogen-bond donors (Lipinski definition) is 3. The van der Waals surface area contributed by atoms with Crippen molar-refractivity contribution >= 4 is 45.3 Å². The van der Waals surface area contributed by atoms with E-state index >= 15 is 0 Å². The van der Waals surface area contributed by atoms with Crippen molar-refractivity contribution in [1.82, 2.24) is 15.1 Å². The van der Waals surface area contributed by atoms with Crippen molar-refractivity contribution < 1.29 is 23.9 Å². The van der Waals surface area contributed by atoms with Crippen molar-refractivity contribution in [2.24, 2.45) is 11.7 Å². The first-order chi connectivity index (χ1) is 19.5. The lowest BCUT2D eigenvalue weighted by Gasteiger charge is -2.26. The minimum Gasteiger partial charge on any atom is -0.445 e. The molecule has 4 N–H and O–H groups in total. The van der Waals surface area contributed by atoms with E-state index in [1.807, 2.05) is 70.2 Å². The Morgan fingerprint density at radius 2 is 1.71 bits per heavy atom. The number of fused-ring (bicyclic) bond motifs is 1. The third kappa shape index (κ3) is 6.82. The van der Waals surface area contributed by atoms with Gasteiger partial charge in [0.1, 0.15) is 11.4 Å². The van der Waals surface area contributed by atoms with Gasteiger partial charge in [0.05, 0.1) is 22.4 Å². The number of rotatable bonds is 10. The highest BCUT2D eigenvalue weighted by atomic mass is 32.1. The van der Waals surface area contributed by atoms with Gasteiger partial charge < -0.3 is 25.8 Å². The largest absolute Gasteiger partial charge is 0.445 e. The predicted molar refractivity (Wildman–Crippen MR) is 159 cm³/mol. The van der Waals surface area contributed by atoms with Gasteiger partial charge in [0, 0.05) is 18.7 Å². The molecule has 0 saturated carbocycles. The van der Waals surface area contributed by atoms with Gasteiger partial charge in [0.2, 0.25) is 0 Å². The Balaban J connectivity index is 1.63. The van der Waals surface area contributed by atoms with Crippen LogP contribution in [0.25, 0.3) is 10.2 Å². The van der Waals surface area contributed by atoms with Gasteiger partial charge in [-0.3, -0.25) is 9.59 Å². The number of thiophene rings is 1. The average molecular weight is 578 g/mol. The number of carbonyl (C=O) groups is 3. The number of hydrogen-bond acceptors (Lipinski definition) is 8. The molecule has 0 radical (unpaired) electrons. The number of ether oxygens (including phenoxy) is 2. The molecule has 2 aromatic carbocycles. The fraction of sp³-hybridized carbons (Fsp3) is 0.333. The predicted octanol–water partition coefficient (Wildman–Crippen LogP) is 5.30. The third-order valence-electron chi connectivity index (χ3n) is 6.70. The summed E-state index contributed by atoms with van der Waals surface area (Å²) in [4.78, 5) is 40.0. The zero-order chi connectivity index (χ0) is 29.7. The van der Waals surface area contributed by atoms with Crippen LogP contribution in [-0.4, -0.2) is 48.0 Å². The number of aromatic nitrogens is 2. The molecule has 2 heterocycles. The van der Waals surface area contributed by atoms with E-state index < -0.39 is 17.5 Å². The number of amides is 2. The van der Waals surface area contributed by atoms with Gasteiger partial charge in [-0.05, 0) is 49.1 Å². The highest BCUT2D eigenvalue weighted by molar-refractivity contribution is 7.20. The first-order valence-corrected chi connectivity index (χ1v) is 14.1. The maximum atomic E-state index is 13.3. The molecule has 1 atom stereocenters. The Kier molecular flexibility index (Phi) is 9.21. The Morgan fingerprint density at radius 1 is 1.02 bits per heavy atom. The summed E-state index contributed by atoms with van der Waals surface area (Å²) in [6.07, 6.45) is -0.752. The summed E-state index contributed by atoms with van der Waals surface area (Å²) in [7, 11) is 1.50. The van der Waals surface area contributed by atoms with E-state index in [0.29, 0.717) is 20.7 Å². The van der Waals surface area contributed by atoms with Crippen LogP contribution in [0.3, 0.4) is 0 Å². The standard InChI is InChI=1S/C30H35N5O5S/c1-18(2)24(31)19-11-13-20(14-12-19)26(36)32-25-22-17-23(27(37)33-30(3,4)21-9-7-6-8-10-21)41-28(22)35(34-25)29(38)40-16-15-39-5/h6-14,17-18,24H,15-16,31H2,1-5H3,(H,33,37)(H,32,34,36). The van der Waals surface area contributed by atoms with E-state index in [-0.39, 0.29) is 36.9 Å². The Bertz CT molecular complexity index is 1530. The number of benzene rings is 2. The first kappa shape index (κ1) is 29.9. The molecule has 0 aliphatic heterocycles. The molecule has 0 saturated heterocycles. The van der Waals surface area contributed by atoms with E-state index in [1.165, 1.54) is 7.11 Å². The molecule has 41 heavy (non-hydrogen) atoms. The Morgan fingerprint density at radius 3 is 2.34 bits per heavy atom. The minimum absolute atomic E-state index is 0.0211. The summed E-state index contributed by atoms with van der Waals surface area (Å²) in [5.74, 6) is -0.363. The number of nitrogens with one attached hydrogen (secondary N) is 2. The normalized spacial score (nSPS) is 12.4. The summed E-state index contributed by atoms with van der Waals surface area (Å²) < 4.78 is 11.3. The fourth-order valence-corrected chi connectivity index (χ4v) is 5.20. The van der Waals surface area contributed by atoms with Crippen LogP contribution in [-0.2, 0) is 15.0 Å². The molecule has 11 heteroatoms. The Hall–Kier alpha value is -4.06. The zero-order valence-electron chi connectivity index (χ0n) is 23.8. The van der Waals surface area contributed by atoms with Gasteiger partial charge >= 0.3 is 6.09 Å². The van der Waals surface area contributed by atoms with Crippen molar-refractivity contribution in [3.63, 3.8) is 0 Å². The van der Waals surface area contributed by atoms with Crippen molar-refractivity contribution in [2.45, 2.75) is 39.3 Å². The molecule has 0 aliphatic carbocycles. The second kappa shape index (κ2) is 12.6. The first-order valence-electron chi connectivity index (χ1n) is 13.3. The summed E-state index contributed by atoms with van der Waals surface area (Å²) in [5.41, 5.74) is 7.84. The van der Waals surface area contributed by atoms with Crippen molar-refractivity contribution in [2.75, 3.05) is 25.6 Å². The third-order valence-corrected chi connectivity index (χ3v) is 7.81. The van der Waals surface area contributed by atoms with Gasteiger partial charge in [-0.2, -0.15) is 4.68 Å². The summed E-state index contributed by atoms with van der Waals surface area (Å²) in [5, 5.41) is 10.6. The Labute approximate surface area is 242 Å². The van der Waals surface area contributed by atoms with Crippen LogP contribution in [0, 0.1) is 5.92 Å². The molecular weight excluding hydrogens is 542 g/mol. The van der Waals surface area contributed by atoms with Gasteiger partial charge in [-0.25, -0.2) is 4.79 Å². The van der Waals surface area contributed by atoms with Gasteiger partial charge in [-0.15, -0.1) is 16.4 Å². The zero-order valence-corrected chi connectivity index (χ0v) is 24.6. The van der Waals surface area contributed by atoms with Crippen LogP contribution in [0.4, 0.5) is 10.6 Å². The van der Waals surface area contributed by atoms with Gasteiger partial charge in [0.15, 0.2) is 5.82 Å². The number of methoxy groups -OCH3 is 1. The van der Waals surface area contributed by atoms with E-state index in [0.717, 1.165) is 27.1 Å². The quantitative estimate of drug-likeness (QED) is 0.217. The van der Waals surface area contributed by atoms with Gasteiger partial charge in [-0.1, -0.05) is 56.3 Å². The lowest BCUT2D eigenvalue weighted by Crippen LogP contribution is -2.40. The molecule has 4 aromatic rings. The number of anilines is 1. The van der Waals surface area contributed by atoms with Crippen LogP contribution in [0.2, 0.25) is 0 Å².